The van der Waals surface area contributed by atoms with E-state index in [0.29, 0.717) is 37.9 Å². The van der Waals surface area contributed by atoms with E-state index in [9.17, 15) is 28.4 Å². The van der Waals surface area contributed by atoms with Crippen LogP contribution in [0.3, 0.4) is 0 Å². The van der Waals surface area contributed by atoms with E-state index in [2.05, 4.69) is 11.4 Å². The molecule has 1 N–H and O–H groups in total. The number of ether oxygens (including phenoxy) is 1. The molecule has 1 aromatic carbocycles. The van der Waals surface area contributed by atoms with Crippen molar-refractivity contribution in [2.75, 3.05) is 19.6 Å². The zero-order valence-electron chi connectivity index (χ0n) is 21.5. The molecular weight excluding hydrogens is 484 g/mol. The number of nitrogens with one attached hydrogen (secondary N) is 1. The molecule has 3 aliphatic heterocycles. The van der Waals surface area contributed by atoms with Crippen LogP contribution >= 0.6 is 0 Å². The van der Waals surface area contributed by atoms with Crippen LogP contribution in [0.2, 0.25) is 0 Å². The van der Waals surface area contributed by atoms with E-state index in [0.717, 1.165) is 6.07 Å². The number of likely N-dealkylation sites (tertiary alicyclic amines) is 3. The molecule has 9 nitrogen and oxygen atoms in total. The summed E-state index contributed by atoms with van der Waals surface area (Å²) in [6.07, 6.45) is 1.03. The molecule has 2 bridgehead atoms. The van der Waals surface area contributed by atoms with E-state index in [1.54, 1.807) is 32.6 Å². The molecule has 3 saturated heterocycles. The van der Waals surface area contributed by atoms with Crippen LogP contribution in [0.25, 0.3) is 0 Å². The Kier molecular flexibility index (Phi) is 7.42. The molecule has 5 atom stereocenters. The summed E-state index contributed by atoms with van der Waals surface area (Å²) >= 11 is 0. The second kappa shape index (κ2) is 10.2. The van der Waals surface area contributed by atoms with Gasteiger partial charge < -0.3 is 19.9 Å². The number of hydrogen-bond acceptors (Lipinski definition) is 6. The molecule has 0 radical (unpaired) electrons. The molecule has 1 aromatic rings. The predicted molar refractivity (Wildman–Crippen MR) is 129 cm³/mol. The van der Waals surface area contributed by atoms with Gasteiger partial charge >= 0.3 is 6.09 Å². The van der Waals surface area contributed by atoms with Gasteiger partial charge in [-0.05, 0) is 64.7 Å². The van der Waals surface area contributed by atoms with Gasteiger partial charge in [0.2, 0.25) is 11.8 Å². The third-order valence-corrected chi connectivity index (χ3v) is 7.19. The van der Waals surface area contributed by atoms with Crippen LogP contribution in [0.5, 0.6) is 0 Å². The van der Waals surface area contributed by atoms with E-state index in [-0.39, 0.29) is 24.4 Å². The van der Waals surface area contributed by atoms with Gasteiger partial charge in [0.25, 0.3) is 0 Å². The Balaban J connectivity index is 1.49. The highest BCUT2D eigenvalue weighted by molar-refractivity contribution is 5.88. The quantitative estimate of drug-likeness (QED) is 0.622. The summed E-state index contributed by atoms with van der Waals surface area (Å²) in [6, 6.07) is 2.59. The van der Waals surface area contributed by atoms with Crippen LogP contribution in [0.15, 0.2) is 18.2 Å². The number of nitriles is 1. The monoisotopic (exact) mass is 517 g/mol. The minimum atomic E-state index is -1.00. The van der Waals surface area contributed by atoms with Crippen molar-refractivity contribution in [1.29, 1.82) is 5.26 Å². The molecule has 3 heterocycles. The van der Waals surface area contributed by atoms with E-state index in [1.807, 2.05) is 4.90 Å². The Hall–Kier alpha value is -3.26. The highest BCUT2D eigenvalue weighted by atomic mass is 19.1. The Morgan fingerprint density at radius 2 is 1.92 bits per heavy atom. The Morgan fingerprint density at radius 3 is 2.51 bits per heavy atom. The van der Waals surface area contributed by atoms with Gasteiger partial charge in [-0.25, -0.2) is 13.6 Å². The zero-order chi connectivity index (χ0) is 27.1. The lowest BCUT2D eigenvalue weighted by molar-refractivity contribution is -0.141. The van der Waals surface area contributed by atoms with Gasteiger partial charge in [-0.1, -0.05) is 0 Å². The van der Waals surface area contributed by atoms with Crippen LogP contribution < -0.4 is 5.32 Å². The average Bonchev–Trinajstić information content (AvgIpc) is 3.50. The number of fused-ring (bicyclic) bond motifs is 2. The maximum atomic E-state index is 13.8. The second-order valence-electron chi connectivity index (χ2n) is 11.0. The van der Waals surface area contributed by atoms with Crippen molar-refractivity contribution in [2.45, 2.75) is 82.8 Å². The van der Waals surface area contributed by atoms with Crippen molar-refractivity contribution >= 4 is 17.9 Å². The summed E-state index contributed by atoms with van der Waals surface area (Å²) in [6.45, 7) is 7.83. The van der Waals surface area contributed by atoms with Crippen LogP contribution in [0, 0.1) is 23.0 Å². The number of halogens is 2. The number of alkyl carbamates (subject to hydrolysis) is 1. The zero-order valence-corrected chi connectivity index (χ0v) is 21.5. The first-order chi connectivity index (χ1) is 17.4. The molecule has 0 saturated carbocycles. The van der Waals surface area contributed by atoms with Gasteiger partial charge in [0.15, 0.2) is 0 Å². The van der Waals surface area contributed by atoms with Crippen LogP contribution in [0.4, 0.5) is 13.6 Å². The van der Waals surface area contributed by atoms with Gasteiger partial charge in [0.05, 0.1) is 18.2 Å². The third kappa shape index (κ3) is 5.69. The number of piperazine rings is 1. The Bertz CT molecular complexity index is 1100. The topological polar surface area (TPSA) is 106 Å². The minimum Gasteiger partial charge on any atom is -0.444 e. The van der Waals surface area contributed by atoms with Crippen molar-refractivity contribution in [3.8, 4) is 6.07 Å². The molecule has 1 unspecified atom stereocenters. The summed E-state index contributed by atoms with van der Waals surface area (Å²) in [5.41, 5.74) is -0.392. The SMILES string of the molecule is C[C@H](c1cc(F)cc(F)c1)N1C(=O)[C@H]2CC1CN2C[C@H](NC(=O)OC(C)(C)C)C(=O)N1CCC[C@H]1C#N. The maximum Gasteiger partial charge on any atom is 0.408 e. The fourth-order valence-electron chi connectivity index (χ4n) is 5.61. The summed E-state index contributed by atoms with van der Waals surface area (Å²) in [5, 5.41) is 12.1. The van der Waals surface area contributed by atoms with Gasteiger partial charge in [0, 0.05) is 31.7 Å². The normalized spacial score (nSPS) is 25.2. The maximum absolute atomic E-state index is 13.8. The number of carbonyl (C=O) groups is 3. The van der Waals surface area contributed by atoms with Crippen molar-refractivity contribution in [2.24, 2.45) is 0 Å². The Labute approximate surface area is 215 Å². The molecule has 0 aromatic heterocycles. The number of carbonyl (C=O) groups excluding carboxylic acids is 3. The van der Waals surface area contributed by atoms with Crippen molar-refractivity contribution in [1.82, 2.24) is 20.0 Å². The smallest absolute Gasteiger partial charge is 0.408 e. The number of hydrogen-bond donors (Lipinski definition) is 1. The first-order valence-corrected chi connectivity index (χ1v) is 12.6. The lowest BCUT2D eigenvalue weighted by Gasteiger charge is -2.39. The molecule has 3 aliphatic rings. The van der Waals surface area contributed by atoms with E-state index in [4.69, 9.17) is 4.74 Å². The standard InChI is InChI=1S/C26H33F2N5O4/c1-15(16-8-17(27)10-18(28)9-16)33-20-11-22(24(33)35)31(13-20)14-21(30-25(36)37-26(2,3)4)23(34)32-7-5-6-19(32)12-29/h8-10,15,19-22H,5-7,11,13-14H2,1-4H3,(H,30,36)/t15-,19+,20?,21+,22-/m1/s1. The van der Waals surface area contributed by atoms with E-state index >= 15 is 0 Å². The fourth-order valence-corrected chi connectivity index (χ4v) is 5.61. The molecule has 3 amide bonds. The lowest BCUT2D eigenvalue weighted by Crippen LogP contribution is -2.59. The molecule has 0 spiro atoms. The summed E-state index contributed by atoms with van der Waals surface area (Å²) < 4.78 is 32.9. The Morgan fingerprint density at radius 1 is 1.24 bits per heavy atom. The highest BCUT2D eigenvalue weighted by Crippen LogP contribution is 2.38. The molecular formula is C26H33F2N5O4. The fraction of sp³-hybridized carbons (Fsp3) is 0.615. The molecule has 200 valence electrons. The van der Waals surface area contributed by atoms with E-state index < -0.39 is 47.5 Å². The number of nitrogens with zero attached hydrogens (tertiary/aromatic N) is 4. The van der Waals surface area contributed by atoms with Gasteiger partial charge in [0.1, 0.15) is 29.3 Å². The number of amides is 3. The average molecular weight is 518 g/mol. The predicted octanol–water partition coefficient (Wildman–Crippen LogP) is 2.72. The molecule has 0 aliphatic carbocycles. The van der Waals surface area contributed by atoms with Crippen LogP contribution in [-0.4, -0.2) is 82.0 Å². The summed E-state index contributed by atoms with van der Waals surface area (Å²) in [7, 11) is 0. The van der Waals surface area contributed by atoms with Crippen molar-refractivity contribution in [3.05, 3.63) is 35.4 Å². The van der Waals surface area contributed by atoms with Crippen molar-refractivity contribution < 1.29 is 27.9 Å². The molecule has 3 fully saturated rings. The van der Waals surface area contributed by atoms with Crippen molar-refractivity contribution in [3.63, 3.8) is 0 Å². The van der Waals surface area contributed by atoms with Gasteiger partial charge in [-0.15, -0.1) is 0 Å². The highest BCUT2D eigenvalue weighted by Gasteiger charge is 2.52. The van der Waals surface area contributed by atoms with Gasteiger partial charge in [-0.2, -0.15) is 5.26 Å². The summed E-state index contributed by atoms with van der Waals surface area (Å²) in [5.74, 6) is -1.97. The van der Waals surface area contributed by atoms with Crippen LogP contribution in [-0.2, 0) is 14.3 Å². The second-order valence-corrected chi connectivity index (χ2v) is 11.0. The third-order valence-electron chi connectivity index (χ3n) is 7.19. The van der Waals surface area contributed by atoms with Gasteiger partial charge in [-0.3, -0.25) is 14.5 Å². The lowest BCUT2D eigenvalue weighted by atomic mass is 10.0. The molecule has 4 rings (SSSR count). The minimum absolute atomic E-state index is 0.0798. The first kappa shape index (κ1) is 26.8. The molecule has 11 heteroatoms. The number of benzene rings is 1. The molecule has 37 heavy (non-hydrogen) atoms. The largest absolute Gasteiger partial charge is 0.444 e. The van der Waals surface area contributed by atoms with E-state index in [1.165, 1.54) is 17.0 Å². The number of rotatable bonds is 6. The van der Waals surface area contributed by atoms with Crippen LogP contribution in [0.1, 0.15) is 58.6 Å². The summed E-state index contributed by atoms with van der Waals surface area (Å²) in [4.78, 5) is 44.3. The first-order valence-electron chi connectivity index (χ1n) is 12.6.